The van der Waals surface area contributed by atoms with Crippen LogP contribution in [0.2, 0.25) is 0 Å². The van der Waals surface area contributed by atoms with E-state index in [1.54, 1.807) is 0 Å². The molecule has 4 aromatic rings. The summed E-state index contributed by atoms with van der Waals surface area (Å²) in [5, 5.41) is 11.9. The maximum atomic E-state index is 12.1. The van der Waals surface area contributed by atoms with Gasteiger partial charge in [0.1, 0.15) is 11.5 Å². The first kappa shape index (κ1) is 28.0. The number of carboxylic acid groups (broad SMARTS) is 1. The van der Waals surface area contributed by atoms with E-state index >= 15 is 0 Å². The van der Waals surface area contributed by atoms with E-state index < -0.39 is 12.1 Å². The van der Waals surface area contributed by atoms with Crippen LogP contribution in [0.15, 0.2) is 77.2 Å². The summed E-state index contributed by atoms with van der Waals surface area (Å²) in [4.78, 5) is 27.9. The van der Waals surface area contributed by atoms with Gasteiger partial charge < -0.3 is 24.3 Å². The molecule has 0 unspecified atom stereocenters. The Morgan fingerprint density at radius 2 is 1.68 bits per heavy atom. The highest BCUT2D eigenvalue weighted by Gasteiger charge is 2.23. The van der Waals surface area contributed by atoms with Crippen molar-refractivity contribution in [1.82, 2.24) is 10.3 Å². The van der Waals surface area contributed by atoms with Crippen LogP contribution in [-0.2, 0) is 28.9 Å². The molecule has 0 spiro atoms. The van der Waals surface area contributed by atoms with Crippen LogP contribution in [-0.4, -0.2) is 35.4 Å². The normalized spacial score (nSPS) is 12.6. The number of aryl methyl sites for hydroxylation is 2. The summed E-state index contributed by atoms with van der Waals surface area (Å²) in [5.74, 6) is 1.55. The van der Waals surface area contributed by atoms with Gasteiger partial charge in [-0.25, -0.2) is 9.78 Å². The number of amides is 1. The summed E-state index contributed by atoms with van der Waals surface area (Å²) in [7, 11) is 0. The smallest absolute Gasteiger partial charge is 0.407 e. The van der Waals surface area contributed by atoms with Gasteiger partial charge in [0, 0.05) is 24.9 Å². The zero-order valence-corrected chi connectivity index (χ0v) is 23.1. The molecule has 0 aliphatic heterocycles. The van der Waals surface area contributed by atoms with Crippen molar-refractivity contribution in [1.29, 1.82) is 0 Å². The van der Waals surface area contributed by atoms with Gasteiger partial charge in [-0.05, 0) is 78.6 Å². The number of hydrogen-bond donors (Lipinski definition) is 2. The molecule has 1 amide bonds. The molecular weight excluding hydrogens is 520 g/mol. The second-order valence-electron chi connectivity index (χ2n) is 10.3. The van der Waals surface area contributed by atoms with Crippen molar-refractivity contribution in [3.8, 4) is 28.3 Å². The van der Waals surface area contributed by atoms with Crippen molar-refractivity contribution >= 4 is 12.1 Å². The van der Waals surface area contributed by atoms with E-state index in [9.17, 15) is 9.59 Å². The number of rotatable bonds is 13. The maximum absolute atomic E-state index is 12.1. The fraction of sp³-hybridized carbons (Fsp3) is 0.303. The lowest BCUT2D eigenvalue weighted by atomic mass is 10.0. The summed E-state index contributed by atoms with van der Waals surface area (Å²) in [5.41, 5.74) is 5.66. The number of aliphatic carboxylic acids is 1. The topological polar surface area (TPSA) is 111 Å². The van der Waals surface area contributed by atoms with Crippen molar-refractivity contribution in [3.05, 3.63) is 95.4 Å². The SMILES string of the molecule is Cc1oc(-c2ccc(-c3ccccc3)cc2)nc1CCOc1ccc(CCC(=O)O)c(CNC(=O)OCC2CC2)c1. The van der Waals surface area contributed by atoms with Crippen LogP contribution in [0.5, 0.6) is 5.75 Å². The molecule has 1 aromatic heterocycles. The zero-order chi connectivity index (χ0) is 28.6. The standard InChI is InChI=1S/C33H34N2O6/c1-22-30(35-32(41-22)27-11-9-25(10-12-27)24-5-3-2-4-6-24)17-18-39-29-15-13-26(14-16-31(36)37)28(19-29)20-34-33(38)40-21-23-7-8-23/h2-6,9-13,15,19,23H,7-8,14,16-18,20-21H2,1H3,(H,34,38)(H,36,37). The minimum atomic E-state index is -0.873. The molecule has 0 atom stereocenters. The molecule has 2 N–H and O–H groups in total. The Morgan fingerprint density at radius 3 is 2.41 bits per heavy atom. The zero-order valence-electron chi connectivity index (χ0n) is 23.1. The first-order chi connectivity index (χ1) is 19.9. The van der Waals surface area contributed by atoms with Crippen LogP contribution in [0.1, 0.15) is 41.8 Å². The van der Waals surface area contributed by atoms with Gasteiger partial charge >= 0.3 is 12.1 Å². The molecule has 8 heteroatoms. The summed E-state index contributed by atoms with van der Waals surface area (Å²) in [6, 6.07) is 23.9. The van der Waals surface area contributed by atoms with Crippen LogP contribution in [0, 0.1) is 12.8 Å². The van der Waals surface area contributed by atoms with E-state index in [0.717, 1.165) is 52.1 Å². The van der Waals surface area contributed by atoms with E-state index in [-0.39, 0.29) is 13.0 Å². The average Bonchev–Trinajstić information content (AvgIpc) is 3.75. The predicted octanol–water partition coefficient (Wildman–Crippen LogP) is 6.59. The molecule has 8 nitrogen and oxygen atoms in total. The van der Waals surface area contributed by atoms with Crippen LogP contribution in [0.25, 0.3) is 22.6 Å². The van der Waals surface area contributed by atoms with Crippen LogP contribution in [0.3, 0.4) is 0 Å². The highest BCUT2D eigenvalue weighted by molar-refractivity contribution is 5.68. The van der Waals surface area contributed by atoms with Gasteiger partial charge in [0.25, 0.3) is 0 Å². The van der Waals surface area contributed by atoms with Crippen molar-refractivity contribution in [3.63, 3.8) is 0 Å². The fourth-order valence-electron chi connectivity index (χ4n) is 4.52. The Hall–Kier alpha value is -4.59. The van der Waals surface area contributed by atoms with Crippen LogP contribution >= 0.6 is 0 Å². The van der Waals surface area contributed by atoms with Gasteiger partial charge in [0.15, 0.2) is 0 Å². The molecular formula is C33H34N2O6. The number of nitrogens with one attached hydrogen (secondary N) is 1. The second kappa shape index (κ2) is 13.2. The van der Waals surface area contributed by atoms with Gasteiger partial charge in [-0.2, -0.15) is 0 Å². The van der Waals surface area contributed by atoms with E-state index in [1.807, 2.05) is 55.5 Å². The molecule has 3 aromatic carbocycles. The number of aromatic nitrogens is 1. The van der Waals surface area contributed by atoms with Gasteiger partial charge in [0.05, 0.1) is 18.9 Å². The molecule has 1 saturated carbocycles. The Labute approximate surface area is 239 Å². The molecule has 1 heterocycles. The Kier molecular flexibility index (Phi) is 8.98. The average molecular weight is 555 g/mol. The number of ether oxygens (including phenoxy) is 2. The highest BCUT2D eigenvalue weighted by atomic mass is 16.5. The first-order valence-corrected chi connectivity index (χ1v) is 13.9. The third kappa shape index (κ3) is 7.97. The molecule has 1 aliphatic carbocycles. The van der Waals surface area contributed by atoms with Crippen molar-refractivity contribution in [2.24, 2.45) is 5.92 Å². The third-order valence-corrected chi connectivity index (χ3v) is 7.10. The van der Waals surface area contributed by atoms with Gasteiger partial charge in [-0.15, -0.1) is 0 Å². The Morgan fingerprint density at radius 1 is 0.951 bits per heavy atom. The molecule has 41 heavy (non-hydrogen) atoms. The third-order valence-electron chi connectivity index (χ3n) is 7.10. The number of carbonyl (C=O) groups is 2. The van der Waals surface area contributed by atoms with Crippen molar-refractivity contribution in [2.75, 3.05) is 13.2 Å². The monoisotopic (exact) mass is 554 g/mol. The quantitative estimate of drug-likeness (QED) is 0.192. The van der Waals surface area contributed by atoms with E-state index in [4.69, 9.17) is 24.0 Å². The Bertz CT molecular complexity index is 1480. The molecule has 0 saturated heterocycles. The molecule has 0 bridgehead atoms. The molecule has 212 valence electrons. The van der Waals surface area contributed by atoms with Gasteiger partial charge in [-0.3, -0.25) is 4.79 Å². The van der Waals surface area contributed by atoms with E-state index in [1.165, 1.54) is 0 Å². The largest absolute Gasteiger partial charge is 0.493 e. The summed E-state index contributed by atoms with van der Waals surface area (Å²) in [6.45, 7) is 2.94. The number of hydrogen-bond acceptors (Lipinski definition) is 6. The Balaban J connectivity index is 1.19. The van der Waals surface area contributed by atoms with Gasteiger partial charge in [-0.1, -0.05) is 48.5 Å². The van der Waals surface area contributed by atoms with Crippen LogP contribution in [0.4, 0.5) is 4.79 Å². The fourth-order valence-corrected chi connectivity index (χ4v) is 4.52. The highest BCUT2D eigenvalue weighted by Crippen LogP contribution is 2.29. The number of alkyl carbamates (subject to hydrolysis) is 1. The predicted molar refractivity (Wildman–Crippen MR) is 155 cm³/mol. The summed E-state index contributed by atoms with van der Waals surface area (Å²) < 4.78 is 17.2. The molecule has 0 radical (unpaired) electrons. The van der Waals surface area contributed by atoms with Crippen LogP contribution < -0.4 is 10.1 Å². The number of oxazole rings is 1. The number of carboxylic acids is 1. The minimum Gasteiger partial charge on any atom is -0.493 e. The maximum Gasteiger partial charge on any atom is 0.407 e. The second-order valence-corrected chi connectivity index (χ2v) is 10.3. The van der Waals surface area contributed by atoms with Crippen molar-refractivity contribution < 1.29 is 28.6 Å². The molecule has 1 fully saturated rings. The summed E-state index contributed by atoms with van der Waals surface area (Å²) in [6.07, 6.45) is 2.64. The minimum absolute atomic E-state index is 0.00206. The lowest BCUT2D eigenvalue weighted by molar-refractivity contribution is -0.136. The van der Waals surface area contributed by atoms with Gasteiger partial charge in [0.2, 0.25) is 5.89 Å². The lowest BCUT2D eigenvalue weighted by Gasteiger charge is -2.13. The van der Waals surface area contributed by atoms with Crippen molar-refractivity contribution in [2.45, 2.75) is 45.6 Å². The summed E-state index contributed by atoms with van der Waals surface area (Å²) >= 11 is 0. The van der Waals surface area contributed by atoms with E-state index in [2.05, 4.69) is 29.6 Å². The first-order valence-electron chi connectivity index (χ1n) is 13.9. The number of nitrogens with zero attached hydrogens (tertiary/aromatic N) is 1. The number of benzene rings is 3. The molecule has 1 aliphatic rings. The number of carbonyl (C=O) groups excluding carboxylic acids is 1. The van der Waals surface area contributed by atoms with E-state index in [0.29, 0.717) is 43.6 Å². The lowest BCUT2D eigenvalue weighted by Crippen LogP contribution is -2.25. The molecule has 5 rings (SSSR count).